The molecule has 5 nitrogen and oxygen atoms in total. The maximum absolute atomic E-state index is 13.4. The van der Waals surface area contributed by atoms with Crippen LogP contribution in [0.1, 0.15) is 0 Å². The number of hydrogen-bond acceptors (Lipinski definition) is 4. The largest absolute Gasteiger partial charge is 0.490 e. The van der Waals surface area contributed by atoms with E-state index in [0.29, 0.717) is 0 Å². The standard InChI is InChI=1S/C10H9FN2O3/c1-3-4-12-8-6-10(16-2)9(13(14)15)5-7(8)11/h1,5-6,12H,4H2,2H3. The number of ether oxygens (including phenoxy) is 1. The van der Waals surface area contributed by atoms with Gasteiger partial charge in [-0.15, -0.1) is 6.42 Å². The van der Waals surface area contributed by atoms with Crippen molar-refractivity contribution in [2.75, 3.05) is 19.0 Å². The smallest absolute Gasteiger partial charge is 0.313 e. The molecule has 0 amide bonds. The van der Waals surface area contributed by atoms with Gasteiger partial charge in [-0.3, -0.25) is 10.1 Å². The molecule has 1 aromatic rings. The minimum absolute atomic E-state index is 0.0223. The summed E-state index contributed by atoms with van der Waals surface area (Å²) in [5, 5.41) is 13.2. The summed E-state index contributed by atoms with van der Waals surface area (Å²) in [6, 6.07) is 1.99. The van der Waals surface area contributed by atoms with Gasteiger partial charge in [0.05, 0.1) is 30.3 Å². The van der Waals surface area contributed by atoms with E-state index >= 15 is 0 Å². The molecule has 0 aliphatic heterocycles. The first kappa shape index (κ1) is 11.8. The molecule has 0 aliphatic rings. The van der Waals surface area contributed by atoms with Gasteiger partial charge < -0.3 is 10.1 Å². The molecule has 6 heteroatoms. The van der Waals surface area contributed by atoms with E-state index in [1.54, 1.807) is 0 Å². The van der Waals surface area contributed by atoms with E-state index in [0.717, 1.165) is 6.07 Å². The maximum Gasteiger partial charge on any atom is 0.313 e. The molecule has 16 heavy (non-hydrogen) atoms. The molecule has 0 unspecified atom stereocenters. The van der Waals surface area contributed by atoms with Crippen LogP contribution in [0.4, 0.5) is 15.8 Å². The third kappa shape index (κ3) is 2.39. The highest BCUT2D eigenvalue weighted by atomic mass is 19.1. The number of nitrogens with one attached hydrogen (secondary N) is 1. The molecular weight excluding hydrogens is 215 g/mol. The average molecular weight is 224 g/mol. The highest BCUT2D eigenvalue weighted by Crippen LogP contribution is 2.31. The minimum Gasteiger partial charge on any atom is -0.490 e. The highest BCUT2D eigenvalue weighted by molar-refractivity contribution is 5.59. The van der Waals surface area contributed by atoms with Gasteiger partial charge in [0.1, 0.15) is 0 Å². The number of hydrogen-bond donors (Lipinski definition) is 1. The number of rotatable bonds is 4. The molecular formula is C10H9FN2O3. The van der Waals surface area contributed by atoms with Gasteiger partial charge in [0.15, 0.2) is 11.6 Å². The molecule has 0 saturated heterocycles. The zero-order chi connectivity index (χ0) is 12.1. The fourth-order valence-electron chi connectivity index (χ4n) is 1.13. The summed E-state index contributed by atoms with van der Waals surface area (Å²) in [7, 11) is 1.27. The van der Waals surface area contributed by atoms with Crippen LogP contribution in [0.3, 0.4) is 0 Å². The van der Waals surface area contributed by atoms with Crippen molar-refractivity contribution in [2.24, 2.45) is 0 Å². The molecule has 1 N–H and O–H groups in total. The van der Waals surface area contributed by atoms with Crippen molar-refractivity contribution in [1.82, 2.24) is 0 Å². The van der Waals surface area contributed by atoms with Crippen LogP contribution in [0.15, 0.2) is 12.1 Å². The fourth-order valence-corrected chi connectivity index (χ4v) is 1.13. The van der Waals surface area contributed by atoms with E-state index in [2.05, 4.69) is 11.2 Å². The van der Waals surface area contributed by atoms with E-state index in [1.807, 2.05) is 0 Å². The van der Waals surface area contributed by atoms with Crippen LogP contribution < -0.4 is 10.1 Å². The molecule has 0 aromatic heterocycles. The number of anilines is 1. The number of halogens is 1. The number of nitro groups is 1. The average Bonchev–Trinajstić information content (AvgIpc) is 2.26. The summed E-state index contributed by atoms with van der Waals surface area (Å²) in [5.41, 5.74) is -0.355. The lowest BCUT2D eigenvalue weighted by molar-refractivity contribution is -0.385. The van der Waals surface area contributed by atoms with Crippen molar-refractivity contribution in [3.05, 3.63) is 28.1 Å². The Labute approximate surface area is 91.4 Å². The van der Waals surface area contributed by atoms with E-state index in [-0.39, 0.29) is 18.0 Å². The lowest BCUT2D eigenvalue weighted by Gasteiger charge is -2.07. The van der Waals surface area contributed by atoms with Crippen molar-refractivity contribution < 1.29 is 14.1 Å². The molecule has 0 aliphatic carbocycles. The van der Waals surface area contributed by atoms with Crippen molar-refractivity contribution in [2.45, 2.75) is 0 Å². The fraction of sp³-hybridized carbons (Fsp3) is 0.200. The van der Waals surface area contributed by atoms with Gasteiger partial charge in [0, 0.05) is 6.07 Å². The molecule has 1 aromatic carbocycles. The maximum atomic E-state index is 13.4. The van der Waals surface area contributed by atoms with Crippen molar-refractivity contribution in [1.29, 1.82) is 0 Å². The minimum atomic E-state index is -0.747. The number of nitro benzene ring substituents is 1. The van der Waals surface area contributed by atoms with Crippen LogP contribution in [-0.4, -0.2) is 18.6 Å². The van der Waals surface area contributed by atoms with Gasteiger partial charge in [-0.1, -0.05) is 5.92 Å². The highest BCUT2D eigenvalue weighted by Gasteiger charge is 2.18. The van der Waals surface area contributed by atoms with Crippen LogP contribution in [0.2, 0.25) is 0 Å². The Hall–Kier alpha value is -2.29. The SMILES string of the molecule is C#CCNc1cc(OC)c([N+](=O)[O-])cc1F. The third-order valence-electron chi connectivity index (χ3n) is 1.85. The summed E-state index contributed by atoms with van der Waals surface area (Å²) in [6.45, 7) is 0.123. The van der Waals surface area contributed by atoms with Gasteiger partial charge >= 0.3 is 5.69 Å². The molecule has 0 fully saturated rings. The lowest BCUT2D eigenvalue weighted by atomic mass is 10.2. The molecule has 84 valence electrons. The molecule has 0 spiro atoms. The number of methoxy groups -OCH3 is 1. The predicted octanol–water partition coefficient (Wildman–Crippen LogP) is 1.79. The molecule has 0 heterocycles. The first-order valence-electron chi connectivity index (χ1n) is 4.29. The van der Waals surface area contributed by atoms with Gasteiger partial charge in [-0.2, -0.15) is 0 Å². The molecule has 0 saturated carbocycles. The third-order valence-corrected chi connectivity index (χ3v) is 1.85. The first-order chi connectivity index (χ1) is 7.60. The normalized spacial score (nSPS) is 9.31. The van der Waals surface area contributed by atoms with Crippen molar-refractivity contribution >= 4 is 11.4 Å². The number of terminal acetylenes is 1. The van der Waals surface area contributed by atoms with Gasteiger partial charge in [-0.25, -0.2) is 4.39 Å². The van der Waals surface area contributed by atoms with E-state index in [9.17, 15) is 14.5 Å². The Morgan fingerprint density at radius 3 is 2.88 bits per heavy atom. The monoisotopic (exact) mass is 224 g/mol. The number of nitrogens with zero attached hydrogens (tertiary/aromatic N) is 1. The summed E-state index contributed by atoms with van der Waals surface area (Å²) in [4.78, 5) is 9.85. The quantitative estimate of drug-likeness (QED) is 0.481. The zero-order valence-corrected chi connectivity index (χ0v) is 8.49. The van der Waals surface area contributed by atoms with E-state index in [4.69, 9.17) is 11.2 Å². The summed E-state index contributed by atoms with van der Waals surface area (Å²) in [6.07, 6.45) is 5.00. The Balaban J connectivity index is 3.16. The number of benzene rings is 1. The summed E-state index contributed by atoms with van der Waals surface area (Å²) < 4.78 is 18.1. The Bertz CT molecular complexity index is 454. The van der Waals surface area contributed by atoms with Gasteiger partial charge in [0.2, 0.25) is 0 Å². The second-order valence-corrected chi connectivity index (χ2v) is 2.82. The van der Waals surface area contributed by atoms with Crippen LogP contribution in [-0.2, 0) is 0 Å². The van der Waals surface area contributed by atoms with Crippen molar-refractivity contribution in [3.8, 4) is 18.1 Å². The molecule has 0 radical (unpaired) electrons. The first-order valence-corrected chi connectivity index (χ1v) is 4.29. The van der Waals surface area contributed by atoms with Gasteiger partial charge in [0.25, 0.3) is 0 Å². The van der Waals surface area contributed by atoms with E-state index in [1.165, 1.54) is 13.2 Å². The van der Waals surface area contributed by atoms with Crippen LogP contribution >= 0.6 is 0 Å². The second-order valence-electron chi connectivity index (χ2n) is 2.82. The molecule has 0 atom stereocenters. The van der Waals surface area contributed by atoms with Gasteiger partial charge in [-0.05, 0) is 0 Å². The topological polar surface area (TPSA) is 64.4 Å². The summed E-state index contributed by atoms with van der Waals surface area (Å²) in [5.74, 6) is 1.50. The Morgan fingerprint density at radius 2 is 2.38 bits per heavy atom. The van der Waals surface area contributed by atoms with Crippen molar-refractivity contribution in [3.63, 3.8) is 0 Å². The van der Waals surface area contributed by atoms with Crippen LogP contribution in [0, 0.1) is 28.3 Å². The second kappa shape index (κ2) is 4.98. The Kier molecular flexibility index (Phi) is 3.67. The summed E-state index contributed by atoms with van der Waals surface area (Å²) >= 11 is 0. The molecule has 0 bridgehead atoms. The van der Waals surface area contributed by atoms with Crippen LogP contribution in [0.5, 0.6) is 5.75 Å². The van der Waals surface area contributed by atoms with E-state index < -0.39 is 16.4 Å². The Morgan fingerprint density at radius 1 is 1.69 bits per heavy atom. The lowest BCUT2D eigenvalue weighted by Crippen LogP contribution is -2.03. The molecule has 1 rings (SSSR count). The van der Waals surface area contributed by atoms with Crippen LogP contribution in [0.25, 0.3) is 0 Å². The predicted molar refractivity (Wildman–Crippen MR) is 56.9 cm³/mol. The zero-order valence-electron chi connectivity index (χ0n) is 8.49.